The summed E-state index contributed by atoms with van der Waals surface area (Å²) in [4.78, 5) is 28.4. The van der Waals surface area contributed by atoms with E-state index in [9.17, 15) is 9.59 Å². The summed E-state index contributed by atoms with van der Waals surface area (Å²) in [7, 11) is 4.65. The van der Waals surface area contributed by atoms with Crippen LogP contribution in [0.5, 0.6) is 0 Å². The first kappa shape index (κ1) is 26.4. The van der Waals surface area contributed by atoms with E-state index in [1.54, 1.807) is 26.4 Å². The second kappa shape index (κ2) is 12.0. The van der Waals surface area contributed by atoms with Crippen molar-refractivity contribution in [1.82, 2.24) is 4.90 Å². The molecule has 0 atom stereocenters. The number of anilines is 2. The van der Waals surface area contributed by atoms with Gasteiger partial charge in [-0.3, -0.25) is 4.79 Å². The molecule has 0 bridgehead atoms. The number of esters is 1. The lowest BCUT2D eigenvalue weighted by atomic mass is 9.88. The fraction of sp³-hybridized carbons (Fsp3) is 0.200. The number of nitrogens with zero attached hydrogens (tertiary/aromatic N) is 2. The number of hydrogen-bond acceptors (Lipinski definition) is 6. The Morgan fingerprint density at radius 3 is 2.36 bits per heavy atom. The van der Waals surface area contributed by atoms with Gasteiger partial charge in [-0.25, -0.2) is 4.79 Å². The summed E-state index contributed by atoms with van der Waals surface area (Å²) in [6.07, 6.45) is 8.11. The topological polar surface area (TPSA) is 59.1 Å². The number of allylic oxidation sites excluding steroid dienone is 4. The molecule has 2 heterocycles. The van der Waals surface area contributed by atoms with Gasteiger partial charge in [0.25, 0.3) is 0 Å². The van der Waals surface area contributed by atoms with Crippen molar-refractivity contribution in [3.63, 3.8) is 0 Å². The van der Waals surface area contributed by atoms with E-state index in [0.717, 1.165) is 39.9 Å². The third kappa shape index (κ3) is 5.39. The van der Waals surface area contributed by atoms with Gasteiger partial charge in [-0.05, 0) is 55.3 Å². The SMILES string of the molecule is C=C1C=C(C=O)C=CN1CC1=C(C(=O)OC)N(c2ccccc2)c2cc(C)ccc2/C1=C\C.COC. The van der Waals surface area contributed by atoms with Crippen LogP contribution in [0.2, 0.25) is 0 Å². The molecule has 0 saturated heterocycles. The van der Waals surface area contributed by atoms with Gasteiger partial charge in [0.2, 0.25) is 0 Å². The molecule has 0 radical (unpaired) electrons. The number of fused-ring (bicyclic) bond motifs is 1. The van der Waals surface area contributed by atoms with Crippen LogP contribution in [0.1, 0.15) is 18.1 Å². The van der Waals surface area contributed by atoms with Crippen molar-refractivity contribution < 1.29 is 19.1 Å². The Labute approximate surface area is 213 Å². The lowest BCUT2D eigenvalue weighted by molar-refractivity contribution is -0.136. The van der Waals surface area contributed by atoms with Crippen LogP contribution in [0.25, 0.3) is 5.57 Å². The van der Waals surface area contributed by atoms with Crippen molar-refractivity contribution >= 4 is 29.2 Å². The molecule has 186 valence electrons. The number of carbonyl (C=O) groups excluding carboxylic acids is 2. The van der Waals surface area contributed by atoms with Gasteiger partial charge >= 0.3 is 5.97 Å². The number of rotatable bonds is 5. The second-order valence-electron chi connectivity index (χ2n) is 8.32. The number of methoxy groups -OCH3 is 2. The molecule has 2 aromatic rings. The van der Waals surface area contributed by atoms with Gasteiger partial charge < -0.3 is 19.3 Å². The molecule has 0 fully saturated rings. The fourth-order valence-electron chi connectivity index (χ4n) is 4.24. The highest BCUT2D eigenvalue weighted by molar-refractivity contribution is 6.06. The monoisotopic (exact) mass is 484 g/mol. The average Bonchev–Trinajstić information content (AvgIpc) is 2.89. The van der Waals surface area contributed by atoms with Crippen LogP contribution in [0, 0.1) is 6.92 Å². The molecule has 6 heteroatoms. The lowest BCUT2D eigenvalue weighted by Gasteiger charge is -2.37. The second-order valence-corrected chi connectivity index (χ2v) is 8.32. The number of para-hydroxylation sites is 1. The van der Waals surface area contributed by atoms with Crippen molar-refractivity contribution in [1.29, 1.82) is 0 Å². The summed E-state index contributed by atoms with van der Waals surface area (Å²) in [6.45, 7) is 8.50. The normalized spacial score (nSPS) is 15.8. The number of aryl methyl sites for hydroxylation is 1. The molecule has 0 aromatic heterocycles. The van der Waals surface area contributed by atoms with Crippen LogP contribution < -0.4 is 4.90 Å². The zero-order valence-corrected chi connectivity index (χ0v) is 21.4. The zero-order valence-electron chi connectivity index (χ0n) is 21.4. The maximum Gasteiger partial charge on any atom is 0.355 e. The number of ether oxygens (including phenoxy) is 2. The highest BCUT2D eigenvalue weighted by atomic mass is 16.5. The largest absolute Gasteiger partial charge is 0.464 e. The van der Waals surface area contributed by atoms with Crippen molar-refractivity contribution in [2.75, 3.05) is 32.8 Å². The number of aldehydes is 1. The van der Waals surface area contributed by atoms with Crippen LogP contribution in [0.3, 0.4) is 0 Å². The van der Waals surface area contributed by atoms with E-state index in [1.807, 2.05) is 66.3 Å². The van der Waals surface area contributed by atoms with Crippen LogP contribution >= 0.6 is 0 Å². The molecular formula is C30H32N2O4. The maximum atomic E-state index is 13.3. The molecule has 6 nitrogen and oxygen atoms in total. The Kier molecular flexibility index (Phi) is 8.81. The summed E-state index contributed by atoms with van der Waals surface area (Å²) >= 11 is 0. The standard InChI is InChI=1S/C28H26N2O3.C2H6O/c1-5-23-24-12-11-19(2)15-26(24)30(22-9-7-6-8-10-22)27(28(32)33-4)25(23)17-29-14-13-21(18-31)16-20(29)3;1-3-2/h5-16,18H,3,17H2,1-2,4H3;1-2H3/b23-5+;. The molecule has 0 N–H and O–H groups in total. The van der Waals surface area contributed by atoms with Gasteiger partial charge in [0.1, 0.15) is 12.0 Å². The lowest BCUT2D eigenvalue weighted by Crippen LogP contribution is -2.33. The third-order valence-corrected chi connectivity index (χ3v) is 5.81. The van der Waals surface area contributed by atoms with Crippen LogP contribution in [-0.2, 0) is 19.1 Å². The van der Waals surface area contributed by atoms with E-state index >= 15 is 0 Å². The Morgan fingerprint density at radius 2 is 1.78 bits per heavy atom. The van der Waals surface area contributed by atoms with Crippen LogP contribution in [0.15, 0.2) is 102 Å². The van der Waals surface area contributed by atoms with Crippen molar-refractivity contribution in [3.05, 3.63) is 113 Å². The summed E-state index contributed by atoms with van der Waals surface area (Å²) in [5.41, 5.74) is 7.39. The number of hydrogen-bond donors (Lipinski definition) is 0. The molecule has 0 aliphatic carbocycles. The van der Waals surface area contributed by atoms with Crippen LogP contribution in [-0.4, -0.2) is 45.0 Å². The van der Waals surface area contributed by atoms with Gasteiger partial charge in [0, 0.05) is 48.5 Å². The van der Waals surface area contributed by atoms with Crippen molar-refractivity contribution in [2.45, 2.75) is 13.8 Å². The highest BCUT2D eigenvalue weighted by Crippen LogP contribution is 2.45. The quantitative estimate of drug-likeness (QED) is 0.400. The van der Waals surface area contributed by atoms with E-state index < -0.39 is 5.97 Å². The first-order valence-electron chi connectivity index (χ1n) is 11.5. The van der Waals surface area contributed by atoms with Gasteiger partial charge in [-0.15, -0.1) is 0 Å². The van der Waals surface area contributed by atoms with Crippen molar-refractivity contribution in [3.8, 4) is 0 Å². The van der Waals surface area contributed by atoms with Gasteiger partial charge in [0.15, 0.2) is 0 Å². The zero-order chi connectivity index (χ0) is 26.2. The van der Waals surface area contributed by atoms with Crippen LogP contribution in [0.4, 0.5) is 11.4 Å². The molecule has 36 heavy (non-hydrogen) atoms. The molecule has 2 aromatic carbocycles. The van der Waals surface area contributed by atoms with E-state index in [4.69, 9.17) is 4.74 Å². The first-order valence-corrected chi connectivity index (χ1v) is 11.5. The smallest absolute Gasteiger partial charge is 0.355 e. The Morgan fingerprint density at radius 1 is 1.08 bits per heavy atom. The molecule has 0 saturated carbocycles. The number of benzene rings is 2. The minimum absolute atomic E-state index is 0.388. The Bertz CT molecular complexity index is 1270. The van der Waals surface area contributed by atoms with E-state index in [2.05, 4.69) is 29.5 Å². The highest BCUT2D eigenvalue weighted by Gasteiger charge is 2.35. The molecule has 0 unspecified atom stereocenters. The minimum Gasteiger partial charge on any atom is -0.464 e. The summed E-state index contributed by atoms with van der Waals surface area (Å²) in [5.74, 6) is -0.420. The third-order valence-electron chi connectivity index (χ3n) is 5.81. The van der Waals surface area contributed by atoms with E-state index in [0.29, 0.717) is 23.5 Å². The summed E-state index contributed by atoms with van der Waals surface area (Å²) < 4.78 is 9.53. The molecular weight excluding hydrogens is 452 g/mol. The summed E-state index contributed by atoms with van der Waals surface area (Å²) in [5, 5.41) is 0. The van der Waals surface area contributed by atoms with Crippen molar-refractivity contribution in [2.24, 2.45) is 0 Å². The van der Waals surface area contributed by atoms with E-state index in [-0.39, 0.29) is 0 Å². The maximum absolute atomic E-state index is 13.3. The molecule has 2 aliphatic rings. The molecule has 0 spiro atoms. The predicted octanol–water partition coefficient (Wildman–Crippen LogP) is 5.71. The summed E-state index contributed by atoms with van der Waals surface area (Å²) in [6, 6.07) is 16.1. The Balaban J connectivity index is 0.00000115. The predicted molar refractivity (Wildman–Crippen MR) is 145 cm³/mol. The first-order chi connectivity index (χ1) is 17.4. The van der Waals surface area contributed by atoms with E-state index in [1.165, 1.54) is 7.11 Å². The minimum atomic E-state index is -0.420. The molecule has 0 amide bonds. The van der Waals surface area contributed by atoms with Gasteiger partial charge in [-0.2, -0.15) is 0 Å². The van der Waals surface area contributed by atoms with Gasteiger partial charge in [-0.1, -0.05) is 43.0 Å². The fourth-order valence-corrected chi connectivity index (χ4v) is 4.24. The Hall–Kier alpha value is -4.16. The average molecular weight is 485 g/mol. The molecule has 4 rings (SSSR count). The molecule has 2 aliphatic heterocycles. The number of carbonyl (C=O) groups is 2. The van der Waals surface area contributed by atoms with Gasteiger partial charge in [0.05, 0.1) is 19.3 Å².